The van der Waals surface area contributed by atoms with E-state index in [0.717, 1.165) is 4.90 Å². The van der Waals surface area contributed by atoms with E-state index >= 15 is 0 Å². The molecular formula is C12H12N2O4S2. The first kappa shape index (κ1) is 14.6. The van der Waals surface area contributed by atoms with Gasteiger partial charge in [0, 0.05) is 35.2 Å². The number of aromatic hydroxyl groups is 2. The standard InChI is InChI=1S/C12H12N2O4S2/c15-10-3-4-11(16)14(10)18-12(17)5-7-19-20-9-2-1-6-13-8-9/h1-4,6,8,15-16H,5,7H2. The van der Waals surface area contributed by atoms with Crippen molar-refractivity contribution in [3.8, 4) is 11.8 Å². The van der Waals surface area contributed by atoms with Crippen molar-refractivity contribution in [2.45, 2.75) is 11.3 Å². The maximum atomic E-state index is 11.5. The number of aromatic nitrogens is 2. The van der Waals surface area contributed by atoms with Gasteiger partial charge in [-0.2, -0.15) is 0 Å². The first-order valence-corrected chi connectivity index (χ1v) is 7.99. The molecule has 0 aliphatic carbocycles. The minimum absolute atomic E-state index is 0.162. The molecule has 2 heterocycles. The molecule has 2 rings (SSSR count). The third kappa shape index (κ3) is 4.10. The molecule has 6 nitrogen and oxygen atoms in total. The Morgan fingerprint density at radius 3 is 2.70 bits per heavy atom. The zero-order chi connectivity index (χ0) is 14.4. The Kier molecular flexibility index (Phi) is 5.19. The number of nitrogens with zero attached hydrogens (tertiary/aromatic N) is 2. The van der Waals surface area contributed by atoms with E-state index in [1.54, 1.807) is 12.4 Å². The largest absolute Gasteiger partial charge is 0.492 e. The summed E-state index contributed by atoms with van der Waals surface area (Å²) in [4.78, 5) is 21.3. The molecule has 0 aliphatic rings. The highest BCUT2D eigenvalue weighted by molar-refractivity contribution is 8.76. The molecule has 0 atom stereocenters. The molecular weight excluding hydrogens is 300 g/mol. The van der Waals surface area contributed by atoms with Crippen molar-refractivity contribution in [1.82, 2.24) is 9.71 Å². The van der Waals surface area contributed by atoms with Crippen LogP contribution in [0.1, 0.15) is 6.42 Å². The maximum Gasteiger partial charge on any atom is 0.334 e. The summed E-state index contributed by atoms with van der Waals surface area (Å²) < 4.78 is 0.682. The third-order valence-electron chi connectivity index (χ3n) is 2.17. The smallest absolute Gasteiger partial charge is 0.334 e. The molecule has 2 aromatic heterocycles. The molecule has 0 saturated carbocycles. The highest BCUT2D eigenvalue weighted by Gasteiger charge is 2.11. The van der Waals surface area contributed by atoms with Gasteiger partial charge in [-0.05, 0) is 12.1 Å². The van der Waals surface area contributed by atoms with Gasteiger partial charge in [0.25, 0.3) is 0 Å². The fraction of sp³-hybridized carbons (Fsp3) is 0.167. The van der Waals surface area contributed by atoms with Crippen molar-refractivity contribution < 1.29 is 19.8 Å². The number of hydrogen-bond acceptors (Lipinski definition) is 7. The van der Waals surface area contributed by atoms with Gasteiger partial charge in [-0.15, -0.1) is 4.73 Å². The van der Waals surface area contributed by atoms with Crippen LogP contribution in [0.4, 0.5) is 0 Å². The van der Waals surface area contributed by atoms with Gasteiger partial charge >= 0.3 is 5.97 Å². The predicted molar refractivity (Wildman–Crippen MR) is 76.5 cm³/mol. The quantitative estimate of drug-likeness (QED) is 0.624. The van der Waals surface area contributed by atoms with Crippen molar-refractivity contribution in [3.05, 3.63) is 36.7 Å². The Bertz CT molecular complexity index is 555. The zero-order valence-corrected chi connectivity index (χ0v) is 11.9. The topological polar surface area (TPSA) is 84.6 Å². The second-order valence-corrected chi connectivity index (χ2v) is 6.14. The van der Waals surface area contributed by atoms with Gasteiger partial charge in [0.15, 0.2) is 0 Å². The number of pyridine rings is 1. The fourth-order valence-electron chi connectivity index (χ4n) is 1.27. The lowest BCUT2D eigenvalue weighted by Gasteiger charge is -2.06. The van der Waals surface area contributed by atoms with Crippen LogP contribution in [-0.2, 0) is 4.79 Å². The summed E-state index contributed by atoms with van der Waals surface area (Å²) in [6.45, 7) is 0. The monoisotopic (exact) mass is 312 g/mol. The minimum Gasteiger partial charge on any atom is -0.492 e. The van der Waals surface area contributed by atoms with Gasteiger partial charge in [-0.25, -0.2) is 4.79 Å². The summed E-state index contributed by atoms with van der Waals surface area (Å²) in [5.74, 6) is -0.645. The van der Waals surface area contributed by atoms with E-state index in [4.69, 9.17) is 4.84 Å². The van der Waals surface area contributed by atoms with Crippen molar-refractivity contribution in [2.75, 3.05) is 5.75 Å². The van der Waals surface area contributed by atoms with Crippen molar-refractivity contribution in [2.24, 2.45) is 0 Å². The molecule has 2 aromatic rings. The van der Waals surface area contributed by atoms with Crippen LogP contribution in [0.2, 0.25) is 0 Å². The Morgan fingerprint density at radius 2 is 2.05 bits per heavy atom. The van der Waals surface area contributed by atoms with Gasteiger partial charge < -0.3 is 15.1 Å². The Balaban J connectivity index is 1.71. The lowest BCUT2D eigenvalue weighted by molar-refractivity contribution is -0.144. The summed E-state index contributed by atoms with van der Waals surface area (Å²) in [5, 5.41) is 18.6. The number of rotatable bonds is 6. The van der Waals surface area contributed by atoms with Gasteiger partial charge in [-0.3, -0.25) is 4.98 Å². The molecule has 0 amide bonds. The first-order chi connectivity index (χ1) is 9.66. The summed E-state index contributed by atoms with van der Waals surface area (Å²) in [7, 11) is 3.01. The molecule has 2 N–H and O–H groups in total. The minimum atomic E-state index is -0.536. The van der Waals surface area contributed by atoms with Crippen LogP contribution in [0.3, 0.4) is 0 Å². The first-order valence-electron chi connectivity index (χ1n) is 5.67. The Labute approximate surface area is 123 Å². The molecule has 0 aliphatic heterocycles. The average molecular weight is 312 g/mol. The lowest BCUT2D eigenvalue weighted by Crippen LogP contribution is -2.19. The van der Waals surface area contributed by atoms with E-state index in [1.807, 2.05) is 12.1 Å². The van der Waals surface area contributed by atoms with Crippen LogP contribution >= 0.6 is 21.6 Å². The molecule has 0 bridgehead atoms. The van der Waals surface area contributed by atoms with Gasteiger partial charge in [0.2, 0.25) is 11.8 Å². The number of carbonyl (C=O) groups excluding carboxylic acids is 1. The highest BCUT2D eigenvalue weighted by atomic mass is 33.1. The molecule has 0 unspecified atom stereocenters. The van der Waals surface area contributed by atoms with Gasteiger partial charge in [0.05, 0.1) is 6.42 Å². The van der Waals surface area contributed by atoms with Gasteiger partial charge in [-0.1, -0.05) is 21.6 Å². The Morgan fingerprint density at radius 1 is 1.30 bits per heavy atom. The number of carbonyl (C=O) groups is 1. The summed E-state index contributed by atoms with van der Waals surface area (Å²) in [6.07, 6.45) is 3.60. The molecule has 0 fully saturated rings. The SMILES string of the molecule is O=C(CCSSc1cccnc1)On1c(O)ccc1O. The molecule has 8 heteroatoms. The van der Waals surface area contributed by atoms with E-state index in [9.17, 15) is 15.0 Å². The van der Waals surface area contributed by atoms with Crippen LogP contribution in [0.5, 0.6) is 11.8 Å². The molecule has 0 radical (unpaired) electrons. The average Bonchev–Trinajstić information content (AvgIpc) is 2.77. The van der Waals surface area contributed by atoms with Crippen LogP contribution in [-0.4, -0.2) is 31.6 Å². The highest BCUT2D eigenvalue weighted by Crippen LogP contribution is 2.30. The summed E-state index contributed by atoms with van der Waals surface area (Å²) in [6, 6.07) is 6.23. The molecule has 20 heavy (non-hydrogen) atoms. The van der Waals surface area contributed by atoms with E-state index in [1.165, 1.54) is 33.7 Å². The predicted octanol–water partition coefficient (Wildman–Crippen LogP) is 2.08. The van der Waals surface area contributed by atoms with E-state index in [0.29, 0.717) is 10.5 Å². The molecule has 0 aromatic carbocycles. The zero-order valence-electron chi connectivity index (χ0n) is 10.3. The third-order valence-corrected chi connectivity index (χ3v) is 4.52. The van der Waals surface area contributed by atoms with E-state index in [2.05, 4.69) is 4.98 Å². The van der Waals surface area contributed by atoms with Crippen molar-refractivity contribution in [1.29, 1.82) is 0 Å². The normalized spacial score (nSPS) is 10.4. The molecule has 0 spiro atoms. The van der Waals surface area contributed by atoms with Crippen LogP contribution in [0.25, 0.3) is 0 Å². The van der Waals surface area contributed by atoms with Crippen molar-refractivity contribution in [3.63, 3.8) is 0 Å². The second-order valence-electron chi connectivity index (χ2n) is 3.65. The van der Waals surface area contributed by atoms with Crippen molar-refractivity contribution >= 4 is 27.6 Å². The van der Waals surface area contributed by atoms with Crippen LogP contribution in [0.15, 0.2) is 41.6 Å². The summed E-state index contributed by atoms with van der Waals surface area (Å²) in [5.41, 5.74) is 0. The van der Waals surface area contributed by atoms with Crippen LogP contribution < -0.4 is 4.84 Å². The van der Waals surface area contributed by atoms with E-state index in [-0.39, 0.29) is 18.2 Å². The van der Waals surface area contributed by atoms with E-state index < -0.39 is 5.97 Å². The fourth-order valence-corrected chi connectivity index (χ4v) is 3.19. The molecule has 106 valence electrons. The van der Waals surface area contributed by atoms with Gasteiger partial charge in [0.1, 0.15) is 0 Å². The second kappa shape index (κ2) is 7.11. The summed E-state index contributed by atoms with van der Waals surface area (Å²) >= 11 is 0. The maximum absolute atomic E-state index is 11.5. The Hall–Kier alpha value is -1.80. The van der Waals surface area contributed by atoms with Crippen LogP contribution in [0, 0.1) is 0 Å². The number of hydrogen-bond donors (Lipinski definition) is 2. The lowest BCUT2D eigenvalue weighted by atomic mass is 10.5. The molecule has 0 saturated heterocycles.